The van der Waals surface area contributed by atoms with Gasteiger partial charge in [0, 0.05) is 15.5 Å². The fourth-order valence-electron chi connectivity index (χ4n) is 2.06. The summed E-state index contributed by atoms with van der Waals surface area (Å²) in [5.41, 5.74) is 15.7. The molecule has 0 spiro atoms. The van der Waals surface area contributed by atoms with Crippen LogP contribution in [0.15, 0.2) is 28.7 Å². The maximum absolute atomic E-state index is 11.9. The molecule has 0 amide bonds. The van der Waals surface area contributed by atoms with Crippen LogP contribution in [-0.4, -0.2) is 23.8 Å². The van der Waals surface area contributed by atoms with Gasteiger partial charge in [-0.2, -0.15) is 5.10 Å². The molecule has 24 heavy (non-hydrogen) atoms. The number of thiazole rings is 1. The number of hydrogen-bond acceptors (Lipinski definition) is 9. The SMILES string of the molecule is CCOC(=O)c1sc2ccc(C=NNc3nc(N)cs3)cc2c1N. The van der Waals surface area contributed by atoms with E-state index in [-0.39, 0.29) is 0 Å². The molecule has 0 saturated heterocycles. The van der Waals surface area contributed by atoms with Crippen LogP contribution in [0.2, 0.25) is 0 Å². The number of nitrogens with one attached hydrogen (secondary N) is 1. The number of carbonyl (C=O) groups excluding carboxylic acids is 1. The number of carbonyl (C=O) groups is 1. The van der Waals surface area contributed by atoms with Crippen molar-refractivity contribution in [1.82, 2.24) is 4.98 Å². The first-order chi connectivity index (χ1) is 11.6. The van der Waals surface area contributed by atoms with Crippen LogP contribution in [-0.2, 0) is 4.74 Å². The summed E-state index contributed by atoms with van der Waals surface area (Å²) in [6.07, 6.45) is 1.65. The zero-order valence-electron chi connectivity index (χ0n) is 12.8. The predicted molar refractivity (Wildman–Crippen MR) is 99.9 cm³/mol. The van der Waals surface area contributed by atoms with Crippen molar-refractivity contribution in [2.24, 2.45) is 5.10 Å². The fourth-order valence-corrected chi connectivity index (χ4v) is 3.61. The summed E-state index contributed by atoms with van der Waals surface area (Å²) in [6, 6.07) is 5.68. The van der Waals surface area contributed by atoms with Crippen molar-refractivity contribution in [1.29, 1.82) is 0 Å². The van der Waals surface area contributed by atoms with Gasteiger partial charge in [-0.15, -0.1) is 22.7 Å². The van der Waals surface area contributed by atoms with E-state index >= 15 is 0 Å². The second-order valence-electron chi connectivity index (χ2n) is 4.77. The summed E-state index contributed by atoms with van der Waals surface area (Å²) in [5, 5.41) is 7.28. The molecule has 2 heterocycles. The van der Waals surface area contributed by atoms with Crippen LogP contribution < -0.4 is 16.9 Å². The first kappa shape index (κ1) is 16.2. The lowest BCUT2D eigenvalue weighted by atomic mass is 10.1. The zero-order valence-corrected chi connectivity index (χ0v) is 14.4. The number of esters is 1. The van der Waals surface area contributed by atoms with E-state index in [0.29, 0.717) is 28.1 Å². The van der Waals surface area contributed by atoms with Crippen molar-refractivity contribution < 1.29 is 9.53 Å². The maximum atomic E-state index is 11.9. The van der Waals surface area contributed by atoms with Gasteiger partial charge in [-0.3, -0.25) is 5.43 Å². The first-order valence-electron chi connectivity index (χ1n) is 7.07. The predicted octanol–water partition coefficient (Wildman–Crippen LogP) is 3.14. The quantitative estimate of drug-likeness (QED) is 0.365. The van der Waals surface area contributed by atoms with E-state index in [1.54, 1.807) is 18.5 Å². The van der Waals surface area contributed by atoms with Crippen molar-refractivity contribution in [3.63, 3.8) is 0 Å². The minimum Gasteiger partial charge on any atom is -0.462 e. The highest BCUT2D eigenvalue weighted by molar-refractivity contribution is 7.21. The molecule has 0 aliphatic heterocycles. The van der Waals surface area contributed by atoms with E-state index in [9.17, 15) is 4.79 Å². The standard InChI is InChI=1S/C15H15N5O2S2/c1-2-22-14(21)13-12(17)9-5-8(3-4-10(9)24-13)6-18-20-15-19-11(16)7-23-15/h3-7H,2,16-17H2,1H3,(H,19,20). The third kappa shape index (κ3) is 3.31. The fraction of sp³-hybridized carbons (Fsp3) is 0.133. The van der Waals surface area contributed by atoms with Crippen molar-refractivity contribution in [2.75, 3.05) is 23.5 Å². The molecule has 2 aromatic heterocycles. The number of nitrogens with two attached hydrogens (primary N) is 2. The van der Waals surface area contributed by atoms with E-state index in [2.05, 4.69) is 15.5 Å². The number of ether oxygens (including phenoxy) is 1. The monoisotopic (exact) mass is 361 g/mol. The van der Waals surface area contributed by atoms with Gasteiger partial charge in [0.1, 0.15) is 10.7 Å². The molecule has 1 aromatic carbocycles. The van der Waals surface area contributed by atoms with Crippen LogP contribution in [0, 0.1) is 0 Å². The third-order valence-electron chi connectivity index (χ3n) is 3.11. The molecule has 0 radical (unpaired) electrons. The number of nitrogens with zero attached hydrogens (tertiary/aromatic N) is 2. The molecular weight excluding hydrogens is 346 g/mol. The molecule has 124 valence electrons. The maximum Gasteiger partial charge on any atom is 0.350 e. The number of aromatic nitrogens is 1. The van der Waals surface area contributed by atoms with Crippen molar-refractivity contribution in [3.05, 3.63) is 34.0 Å². The Hall–Kier alpha value is -2.65. The number of benzene rings is 1. The highest BCUT2D eigenvalue weighted by atomic mass is 32.1. The molecule has 3 rings (SSSR count). The van der Waals surface area contributed by atoms with Gasteiger partial charge >= 0.3 is 5.97 Å². The second kappa shape index (κ2) is 6.85. The van der Waals surface area contributed by atoms with E-state index in [1.165, 1.54) is 22.7 Å². The Balaban J connectivity index is 1.82. The van der Waals surface area contributed by atoms with Crippen LogP contribution in [0.5, 0.6) is 0 Å². The Morgan fingerprint density at radius 2 is 2.29 bits per heavy atom. The van der Waals surface area contributed by atoms with E-state index in [4.69, 9.17) is 16.2 Å². The Kier molecular flexibility index (Phi) is 4.63. The molecule has 7 nitrogen and oxygen atoms in total. The van der Waals surface area contributed by atoms with Crippen molar-refractivity contribution in [2.45, 2.75) is 6.92 Å². The van der Waals surface area contributed by atoms with Gasteiger partial charge in [0.2, 0.25) is 5.13 Å². The van der Waals surface area contributed by atoms with Gasteiger partial charge in [0.15, 0.2) is 0 Å². The molecule has 0 bridgehead atoms. The summed E-state index contributed by atoms with van der Waals surface area (Å²) in [5.74, 6) is 0.0612. The van der Waals surface area contributed by atoms with Crippen LogP contribution >= 0.6 is 22.7 Å². The van der Waals surface area contributed by atoms with E-state index in [0.717, 1.165) is 15.6 Å². The van der Waals surface area contributed by atoms with Crippen LogP contribution in [0.1, 0.15) is 22.2 Å². The normalized spacial score (nSPS) is 11.2. The van der Waals surface area contributed by atoms with Gasteiger partial charge in [-0.05, 0) is 24.6 Å². The number of anilines is 3. The first-order valence-corrected chi connectivity index (χ1v) is 8.77. The Labute approximate surface area is 146 Å². The minimum absolute atomic E-state index is 0.317. The van der Waals surface area contributed by atoms with Crippen LogP contribution in [0.4, 0.5) is 16.6 Å². The molecule has 0 saturated carbocycles. The lowest BCUT2D eigenvalue weighted by molar-refractivity contribution is 0.0533. The Morgan fingerprint density at radius 1 is 1.46 bits per heavy atom. The van der Waals surface area contributed by atoms with Gasteiger partial charge in [-0.1, -0.05) is 6.07 Å². The molecule has 5 N–H and O–H groups in total. The molecule has 0 atom stereocenters. The summed E-state index contributed by atoms with van der Waals surface area (Å²) in [4.78, 5) is 16.4. The van der Waals surface area contributed by atoms with Gasteiger partial charge in [0.05, 0.1) is 18.5 Å². The Bertz CT molecular complexity index is 916. The number of nitrogen functional groups attached to an aromatic ring is 2. The number of fused-ring (bicyclic) bond motifs is 1. The van der Waals surface area contributed by atoms with Crippen LogP contribution in [0.3, 0.4) is 0 Å². The average molecular weight is 361 g/mol. The molecule has 0 fully saturated rings. The number of rotatable bonds is 5. The second-order valence-corrected chi connectivity index (χ2v) is 6.68. The molecular formula is C15H15N5O2S2. The highest BCUT2D eigenvalue weighted by Gasteiger charge is 2.17. The summed E-state index contributed by atoms with van der Waals surface area (Å²) in [7, 11) is 0. The third-order valence-corrected chi connectivity index (χ3v) is 5.04. The molecule has 0 aliphatic carbocycles. The average Bonchev–Trinajstić information content (AvgIpc) is 3.12. The highest BCUT2D eigenvalue weighted by Crippen LogP contribution is 2.34. The summed E-state index contributed by atoms with van der Waals surface area (Å²) in [6.45, 7) is 2.08. The van der Waals surface area contributed by atoms with Gasteiger partial charge in [0.25, 0.3) is 0 Å². The van der Waals surface area contributed by atoms with Crippen molar-refractivity contribution in [3.8, 4) is 0 Å². The van der Waals surface area contributed by atoms with E-state index in [1.807, 2.05) is 18.2 Å². The molecule has 3 aromatic rings. The lowest BCUT2D eigenvalue weighted by Crippen LogP contribution is -2.04. The molecule has 0 aliphatic rings. The van der Waals surface area contributed by atoms with Crippen LogP contribution in [0.25, 0.3) is 10.1 Å². The van der Waals surface area contributed by atoms with Crippen molar-refractivity contribution >= 4 is 61.6 Å². The summed E-state index contributed by atoms with van der Waals surface area (Å²) >= 11 is 2.69. The zero-order chi connectivity index (χ0) is 17.1. The Morgan fingerprint density at radius 3 is 3.00 bits per heavy atom. The molecule has 9 heteroatoms. The minimum atomic E-state index is -0.394. The van der Waals surface area contributed by atoms with E-state index < -0.39 is 5.97 Å². The summed E-state index contributed by atoms with van der Waals surface area (Å²) < 4.78 is 5.95. The molecule has 0 unspecified atom stereocenters. The van der Waals surface area contributed by atoms with Gasteiger partial charge in [-0.25, -0.2) is 9.78 Å². The lowest BCUT2D eigenvalue weighted by Gasteiger charge is -1.99. The number of hydrogen-bond donors (Lipinski definition) is 3. The number of thiophene rings is 1. The topological polar surface area (TPSA) is 116 Å². The largest absolute Gasteiger partial charge is 0.462 e. The van der Waals surface area contributed by atoms with Gasteiger partial charge < -0.3 is 16.2 Å². The smallest absolute Gasteiger partial charge is 0.350 e. The number of hydrazone groups is 1.